The van der Waals surface area contributed by atoms with Gasteiger partial charge in [0, 0.05) is 41.1 Å². The molecule has 0 bridgehead atoms. The molecule has 3 aromatic carbocycles. The number of amides is 1. The first kappa shape index (κ1) is 27.3. The Hall–Kier alpha value is -2.31. The molecule has 2 heterocycles. The molecule has 0 aliphatic carbocycles. The Morgan fingerprint density at radius 3 is 2.61 bits per heavy atom. The zero-order valence-corrected chi connectivity index (χ0v) is 23.4. The van der Waals surface area contributed by atoms with Crippen LogP contribution in [0.1, 0.15) is 53.1 Å². The van der Waals surface area contributed by atoms with E-state index in [2.05, 4.69) is 5.32 Å². The van der Waals surface area contributed by atoms with Crippen molar-refractivity contribution in [1.29, 1.82) is 0 Å². The molecule has 4 nitrogen and oxygen atoms in total. The van der Waals surface area contributed by atoms with Crippen LogP contribution < -0.4 is 10.1 Å². The highest BCUT2D eigenvalue weighted by atomic mass is 35.5. The monoisotopic (exact) mass is 574 g/mol. The second kappa shape index (κ2) is 11.4. The first-order valence-electron chi connectivity index (χ1n) is 12.9. The summed E-state index contributed by atoms with van der Waals surface area (Å²) < 4.78 is 20.8. The first-order valence-corrected chi connectivity index (χ1v) is 14.0. The number of carbonyl (C=O) groups is 1. The van der Waals surface area contributed by atoms with Gasteiger partial charge in [-0.2, -0.15) is 0 Å². The Balaban J connectivity index is 1.39. The Labute approximate surface area is 238 Å². The molecule has 0 radical (unpaired) electrons. The van der Waals surface area contributed by atoms with E-state index in [1.54, 1.807) is 54.4 Å². The van der Waals surface area contributed by atoms with Crippen LogP contribution in [0.5, 0.6) is 5.75 Å². The van der Waals surface area contributed by atoms with E-state index in [0.717, 1.165) is 55.6 Å². The number of likely N-dealkylation sites (N-methyl/N-ethyl adjacent to an activating group) is 1. The highest BCUT2D eigenvalue weighted by Crippen LogP contribution is 2.50. The summed E-state index contributed by atoms with van der Waals surface area (Å²) in [5.74, 6) is 0.423. The number of benzene rings is 3. The smallest absolute Gasteiger partial charge is 0.253 e. The minimum absolute atomic E-state index is 0.0132. The zero-order valence-electron chi connectivity index (χ0n) is 21.2. The molecule has 2 aliphatic heterocycles. The number of piperidine rings is 1. The SMILES string of the molecule is CN(C[C@@H](CC[C@H]1Oc2ccc(F)cc2C12CCNCC2)c1ccc(Cl)c(Cl)c1)C(=O)c1cccc(Cl)c1. The van der Waals surface area contributed by atoms with Crippen LogP contribution in [-0.2, 0) is 5.41 Å². The summed E-state index contributed by atoms with van der Waals surface area (Å²) in [5.41, 5.74) is 2.29. The Bertz CT molecular complexity index is 1330. The zero-order chi connectivity index (χ0) is 26.9. The van der Waals surface area contributed by atoms with Crippen LogP contribution >= 0.6 is 34.8 Å². The fourth-order valence-electron chi connectivity index (χ4n) is 5.97. The van der Waals surface area contributed by atoms with Crippen LogP contribution in [0.25, 0.3) is 0 Å². The summed E-state index contributed by atoms with van der Waals surface area (Å²) in [7, 11) is 1.80. The second-order valence-electron chi connectivity index (χ2n) is 10.3. The average molecular weight is 576 g/mol. The van der Waals surface area contributed by atoms with Crippen molar-refractivity contribution in [3.63, 3.8) is 0 Å². The molecule has 1 fully saturated rings. The number of carbonyl (C=O) groups excluding carboxylic acids is 1. The van der Waals surface area contributed by atoms with Crippen LogP contribution in [0.15, 0.2) is 60.7 Å². The van der Waals surface area contributed by atoms with Gasteiger partial charge in [0.15, 0.2) is 0 Å². The number of rotatable bonds is 7. The van der Waals surface area contributed by atoms with Crippen LogP contribution in [0, 0.1) is 5.82 Å². The minimum atomic E-state index is -0.235. The highest BCUT2D eigenvalue weighted by molar-refractivity contribution is 6.42. The molecule has 5 rings (SSSR count). The van der Waals surface area contributed by atoms with Crippen molar-refractivity contribution in [2.45, 2.75) is 43.1 Å². The van der Waals surface area contributed by atoms with Crippen molar-refractivity contribution in [3.8, 4) is 5.75 Å². The lowest BCUT2D eigenvalue weighted by Crippen LogP contribution is -2.47. The molecule has 8 heteroatoms. The summed E-state index contributed by atoms with van der Waals surface area (Å²) in [5, 5.41) is 4.92. The van der Waals surface area contributed by atoms with Gasteiger partial charge in [-0.25, -0.2) is 4.39 Å². The van der Waals surface area contributed by atoms with E-state index in [1.165, 1.54) is 6.07 Å². The number of nitrogens with one attached hydrogen (secondary N) is 1. The number of ether oxygens (including phenoxy) is 1. The Morgan fingerprint density at radius 1 is 1.08 bits per heavy atom. The summed E-state index contributed by atoms with van der Waals surface area (Å²) in [4.78, 5) is 14.9. The van der Waals surface area contributed by atoms with Gasteiger partial charge in [-0.1, -0.05) is 46.9 Å². The number of hydrogen-bond donors (Lipinski definition) is 1. The minimum Gasteiger partial charge on any atom is -0.489 e. The van der Waals surface area contributed by atoms with E-state index in [0.29, 0.717) is 27.2 Å². The van der Waals surface area contributed by atoms with Crippen LogP contribution in [0.2, 0.25) is 15.1 Å². The van der Waals surface area contributed by atoms with Gasteiger partial charge in [-0.15, -0.1) is 0 Å². The maximum absolute atomic E-state index is 14.3. The van der Waals surface area contributed by atoms with Crippen molar-refractivity contribution in [2.75, 3.05) is 26.7 Å². The highest BCUT2D eigenvalue weighted by Gasteiger charge is 2.49. The summed E-state index contributed by atoms with van der Waals surface area (Å²) in [6, 6.07) is 17.5. The largest absolute Gasteiger partial charge is 0.489 e. The fourth-order valence-corrected chi connectivity index (χ4v) is 6.47. The Morgan fingerprint density at radius 2 is 1.87 bits per heavy atom. The van der Waals surface area contributed by atoms with Gasteiger partial charge in [0.25, 0.3) is 5.91 Å². The van der Waals surface area contributed by atoms with Gasteiger partial charge in [0.2, 0.25) is 0 Å². The van der Waals surface area contributed by atoms with Gasteiger partial charge < -0.3 is 15.0 Å². The number of fused-ring (bicyclic) bond motifs is 2. The van der Waals surface area contributed by atoms with E-state index in [1.807, 2.05) is 12.1 Å². The van der Waals surface area contributed by atoms with E-state index in [9.17, 15) is 9.18 Å². The quantitative estimate of drug-likeness (QED) is 0.317. The maximum atomic E-state index is 14.3. The molecule has 0 unspecified atom stereocenters. The summed E-state index contributed by atoms with van der Waals surface area (Å²) >= 11 is 18.7. The molecular formula is C30H30Cl3FN2O2. The van der Waals surface area contributed by atoms with Crippen molar-refractivity contribution >= 4 is 40.7 Å². The fraction of sp³-hybridized carbons (Fsp3) is 0.367. The van der Waals surface area contributed by atoms with Gasteiger partial charge in [0.05, 0.1) is 10.0 Å². The third-order valence-corrected chi connectivity index (χ3v) is 8.94. The van der Waals surface area contributed by atoms with Gasteiger partial charge in [-0.3, -0.25) is 4.79 Å². The van der Waals surface area contributed by atoms with E-state index < -0.39 is 0 Å². The molecule has 38 heavy (non-hydrogen) atoms. The predicted molar refractivity (Wildman–Crippen MR) is 151 cm³/mol. The molecule has 1 spiro atoms. The summed E-state index contributed by atoms with van der Waals surface area (Å²) in [6.07, 6.45) is 3.19. The molecule has 200 valence electrons. The number of hydrogen-bond acceptors (Lipinski definition) is 3. The molecule has 1 amide bonds. The van der Waals surface area contributed by atoms with E-state index in [4.69, 9.17) is 39.5 Å². The van der Waals surface area contributed by atoms with Crippen molar-refractivity contribution in [2.24, 2.45) is 0 Å². The normalized spacial score (nSPS) is 18.6. The molecule has 1 N–H and O–H groups in total. The topological polar surface area (TPSA) is 41.6 Å². The average Bonchev–Trinajstić information content (AvgIpc) is 3.19. The molecule has 2 atom stereocenters. The predicted octanol–water partition coefficient (Wildman–Crippen LogP) is 7.50. The van der Waals surface area contributed by atoms with E-state index in [-0.39, 0.29) is 29.2 Å². The van der Waals surface area contributed by atoms with Crippen molar-refractivity contribution in [3.05, 3.63) is 98.2 Å². The maximum Gasteiger partial charge on any atom is 0.253 e. The second-order valence-corrected chi connectivity index (χ2v) is 11.5. The van der Waals surface area contributed by atoms with Crippen LogP contribution in [-0.4, -0.2) is 43.6 Å². The van der Waals surface area contributed by atoms with Gasteiger partial charge in [-0.05, 0) is 92.9 Å². The lowest BCUT2D eigenvalue weighted by molar-refractivity contribution is 0.0773. The Kier molecular flexibility index (Phi) is 8.20. The van der Waals surface area contributed by atoms with Gasteiger partial charge in [0.1, 0.15) is 17.7 Å². The van der Waals surface area contributed by atoms with Crippen LogP contribution in [0.3, 0.4) is 0 Å². The van der Waals surface area contributed by atoms with Crippen molar-refractivity contribution in [1.82, 2.24) is 10.2 Å². The lowest BCUT2D eigenvalue weighted by atomic mass is 9.69. The van der Waals surface area contributed by atoms with Crippen molar-refractivity contribution < 1.29 is 13.9 Å². The molecule has 2 aliphatic rings. The molecule has 1 saturated heterocycles. The van der Waals surface area contributed by atoms with Crippen LogP contribution in [0.4, 0.5) is 4.39 Å². The van der Waals surface area contributed by atoms with E-state index >= 15 is 0 Å². The molecule has 0 saturated carbocycles. The lowest BCUT2D eigenvalue weighted by Gasteiger charge is -2.39. The molecular weight excluding hydrogens is 546 g/mol. The number of nitrogens with zero attached hydrogens (tertiary/aromatic N) is 1. The van der Waals surface area contributed by atoms with Gasteiger partial charge >= 0.3 is 0 Å². The third-order valence-electron chi connectivity index (χ3n) is 7.96. The molecule has 3 aromatic rings. The molecule has 0 aromatic heterocycles. The number of halogens is 4. The summed E-state index contributed by atoms with van der Waals surface area (Å²) in [6.45, 7) is 2.21. The first-order chi connectivity index (χ1) is 18.3. The standard InChI is InChI=1S/C30H30Cl3FN2O2/c1-36(29(37)20-3-2-4-22(31)15-20)18-21(19-5-8-25(32)26(33)16-19)6-10-28-30(11-13-35-14-12-30)24-17-23(34)7-9-27(24)38-28/h2-5,7-9,15-17,21,28,35H,6,10-14,18H2,1H3/t21-,28-/m1/s1. The third kappa shape index (κ3) is 5.53.